The molecule has 5 nitrogen and oxygen atoms in total. The van der Waals surface area contributed by atoms with Crippen LogP contribution >= 0.6 is 0 Å². The maximum absolute atomic E-state index is 13.9. The number of piperidine rings is 2. The number of alkyl halides is 1. The Morgan fingerprint density at radius 3 is 2.14 bits per heavy atom. The highest BCUT2D eigenvalue weighted by Crippen LogP contribution is 2.44. The molecular weight excluding hydrogens is 295 g/mol. The Kier molecular flexibility index (Phi) is 3.56. The van der Waals surface area contributed by atoms with E-state index in [1.54, 1.807) is 9.21 Å². The van der Waals surface area contributed by atoms with Crippen LogP contribution in [0, 0.1) is 0 Å². The van der Waals surface area contributed by atoms with E-state index in [4.69, 9.17) is 0 Å². The number of nitrogens with zero attached hydrogens (tertiary/aromatic N) is 2. The summed E-state index contributed by atoms with van der Waals surface area (Å²) in [5, 5.41) is 0. The van der Waals surface area contributed by atoms with Gasteiger partial charge in [0.2, 0.25) is 10.0 Å². The molecule has 1 aliphatic carbocycles. The van der Waals surface area contributed by atoms with Crippen molar-refractivity contribution in [3.05, 3.63) is 0 Å². The quantitative estimate of drug-likeness (QED) is 0.771. The molecule has 2 heterocycles. The second-order valence-corrected chi connectivity index (χ2v) is 8.68. The lowest BCUT2D eigenvalue weighted by atomic mass is 9.80. The van der Waals surface area contributed by atoms with Gasteiger partial charge in [-0.05, 0) is 38.5 Å². The molecule has 2 saturated heterocycles. The molecule has 0 aromatic heterocycles. The summed E-state index contributed by atoms with van der Waals surface area (Å²) in [5.41, 5.74) is -1.97. The number of carbonyl (C=O) groups excluding carboxylic acids is 1. The standard InChI is InChI=1S/C14H23FN2O3S/c1-21(19,20)17-9-3-2-4-13(17)7-10-16(11-8-13)12(18)14(15)5-6-14/h2-11H2,1H3. The van der Waals surface area contributed by atoms with Gasteiger partial charge in [-0.25, -0.2) is 12.8 Å². The molecule has 0 atom stereocenters. The Balaban J connectivity index is 1.72. The van der Waals surface area contributed by atoms with E-state index < -0.39 is 15.7 Å². The number of sulfonamides is 1. The summed E-state index contributed by atoms with van der Waals surface area (Å²) in [6.07, 6.45) is 5.95. The van der Waals surface area contributed by atoms with E-state index in [1.165, 1.54) is 6.26 Å². The van der Waals surface area contributed by atoms with E-state index >= 15 is 0 Å². The van der Waals surface area contributed by atoms with Crippen molar-refractivity contribution in [3.63, 3.8) is 0 Å². The van der Waals surface area contributed by atoms with Gasteiger partial charge in [-0.3, -0.25) is 4.79 Å². The Morgan fingerprint density at radius 1 is 1.00 bits per heavy atom. The summed E-state index contributed by atoms with van der Waals surface area (Å²) in [6.45, 7) is 1.51. The lowest BCUT2D eigenvalue weighted by Gasteiger charge is -2.50. The van der Waals surface area contributed by atoms with Gasteiger partial charge < -0.3 is 4.90 Å². The zero-order chi connectivity index (χ0) is 15.3. The van der Waals surface area contributed by atoms with Gasteiger partial charge >= 0.3 is 0 Å². The molecule has 3 fully saturated rings. The number of likely N-dealkylation sites (tertiary alicyclic amines) is 1. The minimum Gasteiger partial charge on any atom is -0.340 e. The fraction of sp³-hybridized carbons (Fsp3) is 0.929. The first-order chi connectivity index (χ1) is 9.77. The maximum Gasteiger partial charge on any atom is 0.260 e. The monoisotopic (exact) mass is 318 g/mol. The molecule has 3 rings (SSSR count). The molecule has 0 unspecified atom stereocenters. The molecular formula is C14H23FN2O3S. The Bertz CT molecular complexity index is 536. The van der Waals surface area contributed by atoms with Gasteiger partial charge in [-0.1, -0.05) is 6.42 Å². The van der Waals surface area contributed by atoms with Gasteiger partial charge in [0, 0.05) is 25.2 Å². The summed E-state index contributed by atoms with van der Waals surface area (Å²) in [6, 6.07) is 0. The zero-order valence-electron chi connectivity index (χ0n) is 12.5. The van der Waals surface area contributed by atoms with Crippen LogP contribution in [0.2, 0.25) is 0 Å². The fourth-order valence-corrected chi connectivity index (χ4v) is 5.26. The molecule has 0 bridgehead atoms. The van der Waals surface area contributed by atoms with E-state index in [1.807, 2.05) is 0 Å². The van der Waals surface area contributed by atoms with Crippen molar-refractivity contribution in [2.45, 2.75) is 56.2 Å². The molecule has 0 radical (unpaired) electrons. The fourth-order valence-electron chi connectivity index (χ4n) is 3.82. The molecule has 3 aliphatic rings. The van der Waals surface area contributed by atoms with Crippen LogP contribution in [0.25, 0.3) is 0 Å². The van der Waals surface area contributed by atoms with Crippen LogP contribution in [-0.4, -0.2) is 60.6 Å². The lowest BCUT2D eigenvalue weighted by molar-refractivity contribution is -0.140. The maximum atomic E-state index is 13.9. The Labute approximate surface area is 125 Å². The van der Waals surface area contributed by atoms with Gasteiger partial charge in [-0.2, -0.15) is 4.31 Å². The SMILES string of the molecule is CS(=O)(=O)N1CCCCC12CCN(C(=O)C1(F)CC1)CC2. The van der Waals surface area contributed by atoms with Gasteiger partial charge in [0.05, 0.1) is 6.26 Å². The first kappa shape index (κ1) is 15.2. The molecule has 2 aliphatic heterocycles. The topological polar surface area (TPSA) is 57.7 Å². The average molecular weight is 318 g/mol. The summed E-state index contributed by atoms with van der Waals surface area (Å²) in [5.74, 6) is -0.390. The minimum atomic E-state index is -3.23. The van der Waals surface area contributed by atoms with Gasteiger partial charge in [0.25, 0.3) is 5.91 Å². The molecule has 0 N–H and O–H groups in total. The third-order valence-corrected chi connectivity index (χ3v) is 6.61. The first-order valence-corrected chi connectivity index (χ1v) is 9.58. The van der Waals surface area contributed by atoms with E-state index in [-0.39, 0.29) is 11.4 Å². The second-order valence-electron chi connectivity index (χ2n) is 6.77. The van der Waals surface area contributed by atoms with Crippen molar-refractivity contribution in [1.82, 2.24) is 9.21 Å². The van der Waals surface area contributed by atoms with Gasteiger partial charge in [0.15, 0.2) is 5.67 Å². The Morgan fingerprint density at radius 2 is 1.62 bits per heavy atom. The first-order valence-electron chi connectivity index (χ1n) is 7.73. The van der Waals surface area contributed by atoms with Gasteiger partial charge in [0.1, 0.15) is 0 Å². The largest absolute Gasteiger partial charge is 0.340 e. The smallest absolute Gasteiger partial charge is 0.260 e. The summed E-state index contributed by atoms with van der Waals surface area (Å²) in [7, 11) is -3.23. The predicted octanol–water partition coefficient (Wildman–Crippen LogP) is 1.30. The molecule has 1 amide bonds. The highest BCUT2D eigenvalue weighted by molar-refractivity contribution is 7.88. The summed E-state index contributed by atoms with van der Waals surface area (Å²) < 4.78 is 39.6. The molecule has 21 heavy (non-hydrogen) atoms. The van der Waals surface area contributed by atoms with E-state index in [0.29, 0.717) is 45.3 Å². The van der Waals surface area contributed by atoms with Gasteiger partial charge in [-0.15, -0.1) is 0 Å². The third kappa shape index (κ3) is 2.70. The van der Waals surface area contributed by atoms with Crippen molar-refractivity contribution in [1.29, 1.82) is 0 Å². The van der Waals surface area contributed by atoms with Crippen LogP contribution in [0.4, 0.5) is 4.39 Å². The molecule has 7 heteroatoms. The molecule has 1 saturated carbocycles. The van der Waals surface area contributed by atoms with E-state index in [9.17, 15) is 17.6 Å². The number of hydrogen-bond acceptors (Lipinski definition) is 3. The van der Waals surface area contributed by atoms with Crippen molar-refractivity contribution in [2.75, 3.05) is 25.9 Å². The second kappa shape index (κ2) is 4.91. The normalized spacial score (nSPS) is 28.6. The number of rotatable bonds is 2. The molecule has 120 valence electrons. The van der Waals surface area contributed by atoms with Crippen molar-refractivity contribution in [2.24, 2.45) is 0 Å². The predicted molar refractivity (Wildman–Crippen MR) is 77.0 cm³/mol. The van der Waals surface area contributed by atoms with Crippen molar-refractivity contribution >= 4 is 15.9 Å². The van der Waals surface area contributed by atoms with Crippen molar-refractivity contribution in [3.8, 4) is 0 Å². The molecule has 0 aromatic carbocycles. The number of hydrogen-bond donors (Lipinski definition) is 0. The van der Waals surface area contributed by atoms with Crippen LogP contribution in [0.5, 0.6) is 0 Å². The van der Waals surface area contributed by atoms with Crippen LogP contribution in [0.15, 0.2) is 0 Å². The lowest BCUT2D eigenvalue weighted by Crippen LogP contribution is -2.60. The molecule has 1 spiro atoms. The van der Waals surface area contributed by atoms with Crippen LogP contribution in [-0.2, 0) is 14.8 Å². The third-order valence-electron chi connectivity index (χ3n) is 5.24. The highest BCUT2D eigenvalue weighted by atomic mass is 32.2. The average Bonchev–Trinajstić information content (AvgIpc) is 3.17. The van der Waals surface area contributed by atoms with Crippen LogP contribution in [0.3, 0.4) is 0 Å². The summed E-state index contributed by atoms with van der Waals surface area (Å²) in [4.78, 5) is 13.6. The molecule has 0 aromatic rings. The number of halogens is 1. The zero-order valence-corrected chi connectivity index (χ0v) is 13.3. The van der Waals surface area contributed by atoms with Crippen LogP contribution < -0.4 is 0 Å². The number of carbonyl (C=O) groups is 1. The van der Waals surface area contributed by atoms with Crippen molar-refractivity contribution < 1.29 is 17.6 Å². The van der Waals surface area contributed by atoms with E-state index in [2.05, 4.69) is 0 Å². The summed E-state index contributed by atoms with van der Waals surface area (Å²) >= 11 is 0. The van der Waals surface area contributed by atoms with E-state index in [0.717, 1.165) is 19.3 Å². The number of amides is 1. The minimum absolute atomic E-state index is 0.336. The van der Waals surface area contributed by atoms with Crippen LogP contribution in [0.1, 0.15) is 44.9 Å². The highest BCUT2D eigenvalue weighted by Gasteiger charge is 2.54. The Hall–Kier alpha value is -0.690.